The number of nitrogens with one attached hydrogen (secondary N) is 1. The van der Waals surface area contributed by atoms with Gasteiger partial charge < -0.3 is 24.6 Å². The molecule has 7 nitrogen and oxygen atoms in total. The summed E-state index contributed by atoms with van der Waals surface area (Å²) in [5.74, 6) is -0.0761. The van der Waals surface area contributed by atoms with Crippen molar-refractivity contribution in [3.63, 3.8) is 0 Å². The zero-order valence-corrected chi connectivity index (χ0v) is 16.3. The molecule has 0 aliphatic rings. The predicted molar refractivity (Wildman–Crippen MR) is 106 cm³/mol. The Morgan fingerprint density at radius 1 is 0.893 bits per heavy atom. The summed E-state index contributed by atoms with van der Waals surface area (Å²) in [4.78, 5) is 24.1. The van der Waals surface area contributed by atoms with Gasteiger partial charge in [-0.1, -0.05) is 6.92 Å². The number of carboxylic acids is 1. The Morgan fingerprint density at radius 2 is 1.54 bits per heavy atom. The summed E-state index contributed by atoms with van der Waals surface area (Å²) < 4.78 is 16.6. The van der Waals surface area contributed by atoms with Gasteiger partial charge in [0.15, 0.2) is 0 Å². The van der Waals surface area contributed by atoms with E-state index in [4.69, 9.17) is 14.2 Å². The first-order valence-corrected chi connectivity index (χ1v) is 9.20. The normalized spacial score (nSPS) is 10.2. The van der Waals surface area contributed by atoms with Crippen molar-refractivity contribution < 1.29 is 28.9 Å². The molecule has 7 heteroatoms. The highest BCUT2D eigenvalue weighted by molar-refractivity contribution is 6.06. The van der Waals surface area contributed by atoms with Crippen molar-refractivity contribution in [1.82, 2.24) is 0 Å². The number of amides is 1. The number of anilines is 1. The van der Waals surface area contributed by atoms with E-state index < -0.39 is 11.9 Å². The highest BCUT2D eigenvalue weighted by Crippen LogP contribution is 2.28. The summed E-state index contributed by atoms with van der Waals surface area (Å²) in [5, 5.41) is 12.0. The molecular weight excluding hydrogens is 362 g/mol. The highest BCUT2D eigenvalue weighted by atomic mass is 16.5. The highest BCUT2D eigenvalue weighted by Gasteiger charge is 2.15. The Labute approximate surface area is 164 Å². The molecular formula is C21H25NO6. The van der Waals surface area contributed by atoms with Crippen LogP contribution in [0.5, 0.6) is 17.2 Å². The lowest BCUT2D eigenvalue weighted by molar-refractivity contribution is 0.0696. The second-order valence-corrected chi connectivity index (χ2v) is 5.88. The van der Waals surface area contributed by atoms with Crippen molar-refractivity contribution in [3.05, 3.63) is 47.5 Å². The van der Waals surface area contributed by atoms with Gasteiger partial charge in [-0.2, -0.15) is 0 Å². The van der Waals surface area contributed by atoms with E-state index in [0.29, 0.717) is 42.6 Å². The number of carboxylic acid groups (broad SMARTS) is 1. The lowest BCUT2D eigenvalue weighted by Crippen LogP contribution is -2.14. The maximum atomic E-state index is 12.8. The van der Waals surface area contributed by atoms with E-state index in [0.717, 1.165) is 6.42 Å². The topological polar surface area (TPSA) is 94.1 Å². The van der Waals surface area contributed by atoms with Crippen LogP contribution in [0.1, 0.15) is 47.9 Å². The molecule has 2 N–H and O–H groups in total. The minimum Gasteiger partial charge on any atom is -0.494 e. The van der Waals surface area contributed by atoms with E-state index in [1.807, 2.05) is 20.8 Å². The standard InChI is InChI=1S/C21H25NO6/c1-4-9-28-19-8-7-14(21(24)25)12-18(19)22-20(23)15-10-16(26-5-2)13-17(11-15)27-6-3/h7-8,10-13H,4-6,9H2,1-3H3,(H,22,23)(H,24,25). The van der Waals surface area contributed by atoms with E-state index in [9.17, 15) is 14.7 Å². The molecule has 0 saturated carbocycles. The quantitative estimate of drug-likeness (QED) is 0.634. The molecule has 0 atom stereocenters. The molecule has 0 aliphatic heterocycles. The molecule has 0 radical (unpaired) electrons. The van der Waals surface area contributed by atoms with E-state index >= 15 is 0 Å². The monoisotopic (exact) mass is 387 g/mol. The smallest absolute Gasteiger partial charge is 0.335 e. The first kappa shape index (κ1) is 21.1. The molecule has 0 spiro atoms. The van der Waals surface area contributed by atoms with Crippen LogP contribution in [0.15, 0.2) is 36.4 Å². The van der Waals surface area contributed by atoms with E-state index in [1.165, 1.54) is 18.2 Å². The van der Waals surface area contributed by atoms with E-state index in [-0.39, 0.29) is 11.3 Å². The lowest BCUT2D eigenvalue weighted by atomic mass is 10.1. The van der Waals surface area contributed by atoms with Gasteiger partial charge in [0.25, 0.3) is 5.91 Å². The third kappa shape index (κ3) is 5.64. The fourth-order valence-electron chi connectivity index (χ4n) is 2.50. The Kier molecular flexibility index (Phi) is 7.68. The van der Waals surface area contributed by atoms with Crippen molar-refractivity contribution in [2.75, 3.05) is 25.1 Å². The zero-order chi connectivity index (χ0) is 20.5. The van der Waals surface area contributed by atoms with Crippen molar-refractivity contribution >= 4 is 17.6 Å². The molecule has 150 valence electrons. The van der Waals surface area contributed by atoms with Crippen molar-refractivity contribution in [3.8, 4) is 17.2 Å². The fourth-order valence-corrected chi connectivity index (χ4v) is 2.50. The molecule has 0 heterocycles. The summed E-state index contributed by atoms with van der Waals surface area (Å²) in [7, 11) is 0. The van der Waals surface area contributed by atoms with Gasteiger partial charge in [-0.3, -0.25) is 4.79 Å². The predicted octanol–water partition coefficient (Wildman–Crippen LogP) is 4.22. The molecule has 1 amide bonds. The van der Waals surface area contributed by atoms with Gasteiger partial charge in [0.2, 0.25) is 0 Å². The molecule has 0 aromatic heterocycles. The molecule has 28 heavy (non-hydrogen) atoms. The minimum atomic E-state index is -1.09. The lowest BCUT2D eigenvalue weighted by Gasteiger charge is -2.14. The van der Waals surface area contributed by atoms with Crippen LogP contribution in [0.4, 0.5) is 5.69 Å². The molecule has 2 aromatic carbocycles. The molecule has 2 aromatic rings. The van der Waals surface area contributed by atoms with Crippen molar-refractivity contribution in [2.45, 2.75) is 27.2 Å². The van der Waals surface area contributed by atoms with Crippen LogP contribution in [-0.2, 0) is 0 Å². The van der Waals surface area contributed by atoms with Gasteiger partial charge in [0.1, 0.15) is 17.2 Å². The van der Waals surface area contributed by atoms with Crippen LogP contribution in [0.25, 0.3) is 0 Å². The average molecular weight is 387 g/mol. The number of rotatable bonds is 10. The Bertz CT molecular complexity index is 809. The van der Waals surface area contributed by atoms with Crippen LogP contribution in [0.2, 0.25) is 0 Å². The minimum absolute atomic E-state index is 0.0530. The Balaban J connectivity index is 2.34. The second kappa shape index (κ2) is 10.2. The SMILES string of the molecule is CCCOc1ccc(C(=O)O)cc1NC(=O)c1cc(OCC)cc(OCC)c1. The molecule has 0 unspecified atom stereocenters. The van der Waals surface area contributed by atoms with Crippen LogP contribution in [-0.4, -0.2) is 36.8 Å². The number of ether oxygens (including phenoxy) is 3. The summed E-state index contributed by atoms with van der Waals surface area (Å²) in [6.45, 7) is 7.00. The number of carbonyl (C=O) groups is 2. The third-order valence-electron chi connectivity index (χ3n) is 3.70. The number of hydrogen-bond donors (Lipinski definition) is 2. The molecule has 0 saturated heterocycles. The summed E-state index contributed by atoms with van der Waals surface area (Å²) in [5.41, 5.74) is 0.673. The van der Waals surface area contributed by atoms with Crippen LogP contribution in [0, 0.1) is 0 Å². The van der Waals surface area contributed by atoms with Gasteiger partial charge in [-0.25, -0.2) is 4.79 Å². The van der Waals surface area contributed by atoms with Gasteiger partial charge in [0, 0.05) is 11.6 Å². The van der Waals surface area contributed by atoms with Crippen molar-refractivity contribution in [2.24, 2.45) is 0 Å². The second-order valence-electron chi connectivity index (χ2n) is 5.88. The van der Waals surface area contributed by atoms with Crippen LogP contribution < -0.4 is 19.5 Å². The van der Waals surface area contributed by atoms with E-state index in [1.54, 1.807) is 18.2 Å². The largest absolute Gasteiger partial charge is 0.494 e. The molecule has 2 rings (SSSR count). The summed E-state index contributed by atoms with van der Waals surface area (Å²) in [6.07, 6.45) is 0.780. The molecule has 0 aliphatic carbocycles. The van der Waals surface area contributed by atoms with Gasteiger partial charge in [-0.05, 0) is 50.6 Å². The first-order chi connectivity index (χ1) is 13.5. The molecule has 0 bridgehead atoms. The van der Waals surface area contributed by atoms with E-state index in [2.05, 4.69) is 5.32 Å². The number of aromatic carboxylic acids is 1. The number of hydrogen-bond acceptors (Lipinski definition) is 5. The zero-order valence-electron chi connectivity index (χ0n) is 16.3. The average Bonchev–Trinajstić information content (AvgIpc) is 2.67. The Morgan fingerprint density at radius 3 is 2.07 bits per heavy atom. The number of benzene rings is 2. The van der Waals surface area contributed by atoms with Gasteiger partial charge in [-0.15, -0.1) is 0 Å². The fraction of sp³-hybridized carbons (Fsp3) is 0.333. The maximum Gasteiger partial charge on any atom is 0.335 e. The van der Waals surface area contributed by atoms with Crippen LogP contribution in [0.3, 0.4) is 0 Å². The summed E-state index contributed by atoms with van der Waals surface area (Å²) >= 11 is 0. The molecule has 0 fully saturated rings. The summed E-state index contributed by atoms with van der Waals surface area (Å²) in [6, 6.07) is 9.28. The third-order valence-corrected chi connectivity index (χ3v) is 3.70. The van der Waals surface area contributed by atoms with Gasteiger partial charge in [0.05, 0.1) is 31.1 Å². The van der Waals surface area contributed by atoms with Crippen LogP contribution >= 0.6 is 0 Å². The Hall–Kier alpha value is -3.22. The maximum absolute atomic E-state index is 12.8. The number of carbonyl (C=O) groups excluding carboxylic acids is 1. The van der Waals surface area contributed by atoms with Gasteiger partial charge >= 0.3 is 5.97 Å². The van der Waals surface area contributed by atoms with Crippen molar-refractivity contribution in [1.29, 1.82) is 0 Å². The first-order valence-electron chi connectivity index (χ1n) is 9.20.